The molecule has 28 heteroatoms. The first kappa shape index (κ1) is 64.8. The highest BCUT2D eigenvalue weighted by Gasteiger charge is 2.47. The summed E-state index contributed by atoms with van der Waals surface area (Å²) in [5.74, 6) is -50.8. The highest BCUT2D eigenvalue weighted by Crippen LogP contribution is 2.57. The van der Waals surface area contributed by atoms with Gasteiger partial charge in [-0.15, -0.1) is 0 Å². The van der Waals surface area contributed by atoms with Crippen molar-refractivity contribution in [2.45, 2.75) is 15.2 Å². The Morgan fingerprint density at radius 1 is 0.289 bits per heavy atom. The van der Waals surface area contributed by atoms with Gasteiger partial charge in [0.1, 0.15) is 23.0 Å². The molecule has 0 saturated carbocycles. The van der Waals surface area contributed by atoms with Crippen molar-refractivity contribution in [3.8, 4) is 79.4 Å². The number of fused-ring (bicyclic) bond motifs is 5. The van der Waals surface area contributed by atoms with Crippen molar-refractivity contribution in [1.82, 2.24) is 0 Å². The van der Waals surface area contributed by atoms with Crippen LogP contribution in [0.4, 0.5) is 70.2 Å². The summed E-state index contributed by atoms with van der Waals surface area (Å²) >= 11 is 0. The fourth-order valence-corrected chi connectivity index (χ4v) is 12.7. The van der Waals surface area contributed by atoms with Crippen LogP contribution in [0.2, 0.25) is 0 Å². The van der Waals surface area contributed by atoms with E-state index in [1.165, 1.54) is 54.6 Å². The molecule has 0 heterocycles. The molecule has 0 amide bonds. The van der Waals surface area contributed by atoms with E-state index in [1.807, 2.05) is 0 Å². The molecule has 12 aromatic rings. The maximum Gasteiger partial charge on any atom is 0.294 e. The summed E-state index contributed by atoms with van der Waals surface area (Å²) in [6.45, 7) is 0. The van der Waals surface area contributed by atoms with Gasteiger partial charge in [-0.3, -0.25) is 9.11 Å². The number of hydrogen-bond acceptors (Lipinski definition) is 8. The monoisotopic (exact) mass is 1390 g/mol. The lowest BCUT2D eigenvalue weighted by Gasteiger charge is -2.34. The summed E-state index contributed by atoms with van der Waals surface area (Å²) in [5, 5.41) is -0.337. The first-order chi connectivity index (χ1) is 46.0. The van der Waals surface area contributed by atoms with Gasteiger partial charge in [0, 0.05) is 16.8 Å². The van der Waals surface area contributed by atoms with Crippen LogP contribution in [-0.4, -0.2) is 25.9 Å². The number of rotatable bonds is 14. The van der Waals surface area contributed by atoms with Crippen LogP contribution < -0.4 is 18.9 Å². The molecule has 0 aliphatic heterocycles. The lowest BCUT2D eigenvalue weighted by atomic mass is 9.68. The summed E-state index contributed by atoms with van der Waals surface area (Å²) in [5.41, 5.74) is -7.76. The molecule has 0 bridgehead atoms. The van der Waals surface area contributed by atoms with Crippen molar-refractivity contribution in [2.24, 2.45) is 0 Å². The fourth-order valence-electron chi connectivity index (χ4n) is 11.7. The van der Waals surface area contributed by atoms with Gasteiger partial charge in [0.25, 0.3) is 20.2 Å². The first-order valence-corrected chi connectivity index (χ1v) is 30.5. The third-order valence-electron chi connectivity index (χ3n) is 16.0. The molecule has 97 heavy (non-hydrogen) atoms. The molecule has 1 aliphatic carbocycles. The van der Waals surface area contributed by atoms with Crippen LogP contribution in [-0.2, 0) is 25.7 Å². The van der Waals surface area contributed by atoms with Crippen LogP contribution in [0, 0.1) is 93.1 Å². The highest BCUT2D eigenvalue weighted by atomic mass is 32.2. The SMILES string of the molecule is O=S(=O)(O)c1ccc2c(Oc3c(F)c(F)c(-c4c(F)c(F)c(Oc5ccc(C6(c7ccc(Oc8c(F)c(F)c(-c9c(F)c(F)c(Oc%10cc(S(=O)(=O)O)cc%11ccccc%10%11)c(F)c9F)c(F)c8F)cc7)c7ccccc7-c7ccccc76)cc5)c(F)c4F)c(F)c3F)cccc2c1. The smallest absolute Gasteiger partial charge is 0.294 e. The van der Waals surface area contributed by atoms with E-state index in [9.17, 15) is 25.9 Å². The third kappa shape index (κ3) is 10.4. The maximum absolute atomic E-state index is 16.1. The van der Waals surface area contributed by atoms with Gasteiger partial charge in [0.15, 0.2) is 46.5 Å². The second-order valence-electron chi connectivity index (χ2n) is 21.4. The molecule has 2 N–H and O–H groups in total. The molecular formula is C69H30F16O10S2. The van der Waals surface area contributed by atoms with Crippen LogP contribution >= 0.6 is 0 Å². The van der Waals surface area contributed by atoms with Gasteiger partial charge < -0.3 is 18.9 Å². The standard InChI is InChI=1S/C69H30F16O10S2/c70-49-45(47-53(74)61(82)67(62(83)54(47)75)94-43-15-7-9-30-26-35(96(86,87)88)24-25-38(30)43)50(71)58(79)65(57(49)78)92-33-20-16-31(17-21-33)69(41-13-5-3-11-39(41)40-12-4-6-14-42(40)69)32-18-22-34(23-19-32)93-66-59(80)51(72)46(52(73)60(66)81)48-55(76)63(84)68(64(85)56(48)77)95-44-28-36(97(89,90)91)27-29-8-1-2-10-37(29)44/h1-28H,(H,86,87,88)(H,89,90,91). The molecule has 1 aliphatic rings. The summed E-state index contributed by atoms with van der Waals surface area (Å²) in [6, 6.07) is 35.8. The van der Waals surface area contributed by atoms with E-state index >= 15 is 70.2 Å². The summed E-state index contributed by atoms with van der Waals surface area (Å²) in [7, 11) is -9.81. The Bertz CT molecular complexity index is 5460. The van der Waals surface area contributed by atoms with Gasteiger partial charge in [0.2, 0.25) is 69.5 Å². The molecule has 0 atom stereocenters. The zero-order valence-electron chi connectivity index (χ0n) is 47.7. The van der Waals surface area contributed by atoms with Crippen molar-refractivity contribution in [3.63, 3.8) is 0 Å². The highest BCUT2D eigenvalue weighted by molar-refractivity contribution is 7.86. The number of ether oxygens (including phenoxy) is 4. The van der Waals surface area contributed by atoms with Gasteiger partial charge in [-0.1, -0.05) is 109 Å². The van der Waals surface area contributed by atoms with Crippen LogP contribution in [0.25, 0.3) is 54.9 Å². The Morgan fingerprint density at radius 3 is 1.00 bits per heavy atom. The second kappa shape index (κ2) is 23.8. The van der Waals surface area contributed by atoms with Crippen molar-refractivity contribution < 1.29 is 115 Å². The first-order valence-electron chi connectivity index (χ1n) is 27.6. The summed E-state index contributed by atoms with van der Waals surface area (Å²) in [6.07, 6.45) is 0. The molecule has 13 rings (SSSR count). The molecule has 0 radical (unpaired) electrons. The van der Waals surface area contributed by atoms with Crippen LogP contribution in [0.1, 0.15) is 22.3 Å². The topological polar surface area (TPSA) is 146 Å². The largest absolute Gasteiger partial charge is 0.451 e. The molecule has 12 aromatic carbocycles. The summed E-state index contributed by atoms with van der Waals surface area (Å²) < 4.78 is 342. The van der Waals surface area contributed by atoms with E-state index in [4.69, 9.17) is 18.9 Å². The lowest BCUT2D eigenvalue weighted by Crippen LogP contribution is -2.28. The van der Waals surface area contributed by atoms with Crippen molar-refractivity contribution in [1.29, 1.82) is 0 Å². The van der Waals surface area contributed by atoms with Gasteiger partial charge in [-0.25, -0.2) is 35.1 Å². The van der Waals surface area contributed by atoms with E-state index in [2.05, 4.69) is 0 Å². The van der Waals surface area contributed by atoms with E-state index in [-0.39, 0.29) is 32.7 Å². The average molecular weight is 1390 g/mol. The Hall–Kier alpha value is -10.9. The molecule has 0 spiro atoms. The molecule has 490 valence electrons. The van der Waals surface area contributed by atoms with Crippen molar-refractivity contribution >= 4 is 41.8 Å². The number of halogens is 16. The average Bonchev–Trinajstić information content (AvgIpc) is 1.61. The molecule has 0 saturated heterocycles. The molecule has 0 aromatic heterocycles. The second-order valence-corrected chi connectivity index (χ2v) is 24.2. The van der Waals surface area contributed by atoms with Crippen molar-refractivity contribution in [3.05, 3.63) is 285 Å². The van der Waals surface area contributed by atoms with Gasteiger partial charge in [-0.05, 0) is 98.8 Å². The minimum atomic E-state index is -5.05. The summed E-state index contributed by atoms with van der Waals surface area (Å²) in [4.78, 5) is -1.53. The number of benzene rings is 12. The number of hydrogen-bond donors (Lipinski definition) is 2. The lowest BCUT2D eigenvalue weighted by molar-refractivity contribution is 0.361. The Kier molecular flexibility index (Phi) is 15.9. The van der Waals surface area contributed by atoms with Gasteiger partial charge in [0.05, 0.1) is 37.5 Å². The van der Waals surface area contributed by atoms with E-state index in [1.54, 1.807) is 48.5 Å². The van der Waals surface area contributed by atoms with Crippen molar-refractivity contribution in [2.75, 3.05) is 0 Å². The predicted octanol–water partition coefficient (Wildman–Crippen LogP) is 19.6. The van der Waals surface area contributed by atoms with E-state index in [0.29, 0.717) is 28.3 Å². The molecule has 10 nitrogen and oxygen atoms in total. The van der Waals surface area contributed by atoms with Gasteiger partial charge in [-0.2, -0.15) is 52.0 Å². The molecular weight excluding hydrogens is 1360 g/mol. The van der Waals surface area contributed by atoms with Crippen LogP contribution in [0.5, 0.6) is 46.0 Å². The normalized spacial score (nSPS) is 12.7. The Labute approximate surface area is 534 Å². The quantitative estimate of drug-likeness (QED) is 0.0613. The minimum Gasteiger partial charge on any atom is -0.451 e. The van der Waals surface area contributed by atoms with Crippen LogP contribution in [0.3, 0.4) is 0 Å². The van der Waals surface area contributed by atoms with E-state index < -0.39 is 197 Å². The Morgan fingerprint density at radius 2 is 0.608 bits per heavy atom. The Balaban J connectivity index is 0.812. The zero-order chi connectivity index (χ0) is 69.2. The minimum absolute atomic E-state index is 0.0365. The maximum atomic E-state index is 16.1. The molecule has 0 fully saturated rings. The van der Waals surface area contributed by atoms with Gasteiger partial charge >= 0.3 is 0 Å². The predicted molar refractivity (Wildman–Crippen MR) is 315 cm³/mol. The van der Waals surface area contributed by atoms with E-state index in [0.717, 1.165) is 60.7 Å². The zero-order valence-corrected chi connectivity index (χ0v) is 49.3. The fraction of sp³-hybridized carbons (Fsp3) is 0.0145. The van der Waals surface area contributed by atoms with Crippen LogP contribution in [0.15, 0.2) is 180 Å². The third-order valence-corrected chi connectivity index (χ3v) is 17.7. The molecule has 0 unspecified atom stereocenters.